The average molecular weight is 603 g/mol. The van der Waals surface area contributed by atoms with Crippen molar-refractivity contribution >= 4 is 24.7 Å². The van der Waals surface area contributed by atoms with E-state index in [1.165, 1.54) is 37.4 Å². The van der Waals surface area contributed by atoms with Crippen LogP contribution in [0.25, 0.3) is 0 Å². The maximum absolute atomic E-state index is 7.56. The third-order valence-electron chi connectivity index (χ3n) is 13.0. The van der Waals surface area contributed by atoms with Crippen LogP contribution in [0.5, 0.6) is 0 Å². The van der Waals surface area contributed by atoms with Crippen LogP contribution in [-0.2, 0) is 8.85 Å². The molecule has 0 unspecified atom stereocenters. The van der Waals surface area contributed by atoms with Gasteiger partial charge < -0.3 is 8.85 Å². The molecule has 2 nitrogen and oxygen atoms in total. The average Bonchev–Trinajstić information content (AvgIpc) is 3.57. The molecular weight excluding hydrogens is 537 g/mol. The Bertz CT molecular complexity index is 979. The SMILES string of the molecule is C#C[C@@]1([C@@H](CCC2=C([Si](C)(C)C)C2)O[Si](CC)(CC)CC)CC[C@H]2C(C)(C)[C@@H](O[Si](C)(C)C(C)(C)C)CC[C@@]21C. The van der Waals surface area contributed by atoms with Gasteiger partial charge in [0.15, 0.2) is 16.6 Å². The Balaban J connectivity index is 1.99. The maximum atomic E-state index is 7.56. The number of hydrogen-bond acceptors (Lipinski definition) is 2. The fraction of sp³-hybridized carbons (Fsp3) is 0.886. The molecule has 3 rings (SSSR count). The molecule has 2 fully saturated rings. The minimum absolute atomic E-state index is 0.0815. The monoisotopic (exact) mass is 602 g/mol. The van der Waals surface area contributed by atoms with Gasteiger partial charge in [-0.25, -0.2) is 0 Å². The molecule has 5 heteroatoms. The molecule has 2 saturated carbocycles. The topological polar surface area (TPSA) is 18.5 Å². The Labute approximate surface area is 253 Å². The third-order valence-corrected chi connectivity index (χ3v) is 24.4. The smallest absolute Gasteiger partial charge is 0.192 e. The highest BCUT2D eigenvalue weighted by atomic mass is 28.4. The van der Waals surface area contributed by atoms with E-state index in [0.29, 0.717) is 12.0 Å². The second-order valence-electron chi connectivity index (χ2n) is 17.2. The molecule has 0 aliphatic heterocycles. The second-order valence-corrected chi connectivity index (χ2v) is 31.8. The minimum atomic E-state index is -1.86. The summed E-state index contributed by atoms with van der Waals surface area (Å²) in [5.41, 5.74) is 1.73. The Kier molecular flexibility index (Phi) is 9.81. The molecule has 0 spiro atoms. The highest BCUT2D eigenvalue weighted by Gasteiger charge is 2.67. The van der Waals surface area contributed by atoms with Crippen molar-refractivity contribution in [3.63, 3.8) is 0 Å². The lowest BCUT2D eigenvalue weighted by Gasteiger charge is -2.59. The van der Waals surface area contributed by atoms with Crippen LogP contribution in [0.3, 0.4) is 0 Å². The summed E-state index contributed by atoms with van der Waals surface area (Å²) in [6, 6.07) is 3.57. The number of allylic oxidation sites excluding steroid dienone is 2. The van der Waals surface area contributed by atoms with Crippen LogP contribution in [0, 0.1) is 34.5 Å². The molecule has 0 N–H and O–H groups in total. The molecule has 0 aromatic heterocycles. The van der Waals surface area contributed by atoms with E-state index in [1.807, 2.05) is 5.20 Å². The molecule has 40 heavy (non-hydrogen) atoms. The number of hydrogen-bond donors (Lipinski definition) is 0. The van der Waals surface area contributed by atoms with Crippen LogP contribution in [0.15, 0.2) is 10.8 Å². The van der Waals surface area contributed by atoms with E-state index < -0.39 is 24.7 Å². The van der Waals surface area contributed by atoms with Crippen LogP contribution in [0.4, 0.5) is 0 Å². The van der Waals surface area contributed by atoms with Crippen LogP contribution in [-0.4, -0.2) is 36.9 Å². The number of rotatable bonds is 12. The van der Waals surface area contributed by atoms with Gasteiger partial charge in [0.2, 0.25) is 0 Å². The molecule has 5 atom stereocenters. The summed E-state index contributed by atoms with van der Waals surface area (Å²) in [5, 5.41) is 2.03. The van der Waals surface area contributed by atoms with Crippen molar-refractivity contribution in [1.29, 1.82) is 0 Å². The van der Waals surface area contributed by atoms with E-state index >= 15 is 0 Å². The number of fused-ring (bicyclic) bond motifs is 1. The Hall–Kier alpha value is -0.129. The quantitative estimate of drug-likeness (QED) is 0.163. The fourth-order valence-electron chi connectivity index (χ4n) is 8.72. The predicted octanol–water partition coefficient (Wildman–Crippen LogP) is 11.0. The second kappa shape index (κ2) is 11.4. The summed E-state index contributed by atoms with van der Waals surface area (Å²) in [7, 11) is -4.88. The van der Waals surface area contributed by atoms with E-state index in [0.717, 1.165) is 25.7 Å². The van der Waals surface area contributed by atoms with Gasteiger partial charge in [-0.2, -0.15) is 0 Å². The lowest BCUT2D eigenvalue weighted by atomic mass is 9.49. The molecule has 0 aromatic rings. The van der Waals surface area contributed by atoms with Crippen molar-refractivity contribution in [2.75, 3.05) is 0 Å². The molecule has 3 aliphatic rings. The molecule has 0 amide bonds. The van der Waals surface area contributed by atoms with Gasteiger partial charge in [-0.3, -0.25) is 0 Å². The lowest BCUT2D eigenvalue weighted by Crippen LogP contribution is -2.59. The first-order valence-electron chi connectivity index (χ1n) is 16.7. The molecule has 230 valence electrons. The summed E-state index contributed by atoms with van der Waals surface area (Å²) in [6.45, 7) is 34.2. The summed E-state index contributed by atoms with van der Waals surface area (Å²) < 4.78 is 14.8. The van der Waals surface area contributed by atoms with Gasteiger partial charge in [0.05, 0.1) is 25.7 Å². The van der Waals surface area contributed by atoms with Gasteiger partial charge in [0, 0.05) is 0 Å². The highest BCUT2D eigenvalue weighted by Crippen LogP contribution is 2.69. The van der Waals surface area contributed by atoms with Crippen molar-refractivity contribution in [3.8, 4) is 12.3 Å². The van der Waals surface area contributed by atoms with Crippen molar-refractivity contribution in [3.05, 3.63) is 10.8 Å². The zero-order valence-corrected chi connectivity index (χ0v) is 32.2. The molecular formula is C35H66O2Si3. The van der Waals surface area contributed by atoms with Gasteiger partial charge >= 0.3 is 0 Å². The molecule has 0 heterocycles. The van der Waals surface area contributed by atoms with E-state index in [2.05, 4.69) is 101 Å². The van der Waals surface area contributed by atoms with Crippen LogP contribution < -0.4 is 0 Å². The van der Waals surface area contributed by atoms with Gasteiger partial charge in [-0.1, -0.05) is 98.6 Å². The van der Waals surface area contributed by atoms with Crippen LogP contribution in [0.2, 0.25) is 55.9 Å². The molecule has 0 aromatic carbocycles. The molecule has 0 bridgehead atoms. The van der Waals surface area contributed by atoms with Crippen LogP contribution >= 0.6 is 0 Å². The minimum Gasteiger partial charge on any atom is -0.413 e. The Morgan fingerprint density at radius 2 is 1.52 bits per heavy atom. The van der Waals surface area contributed by atoms with Crippen molar-refractivity contribution in [1.82, 2.24) is 0 Å². The standard InChI is InChI=1S/C35H66O2Si3/c1-16-35(31(37-40(17-2,18-3)19-4)21-20-27-26-28(27)38(11,12)13)25-22-29-33(8,9)30(23-24-34(29,35)10)36-39(14,15)32(5,6)7/h1,29-31H,17-26H2,2-15H3/t29-,30-,31+,34-,35-/m0/s1. The van der Waals surface area contributed by atoms with E-state index in [1.54, 1.807) is 5.57 Å². The summed E-state index contributed by atoms with van der Waals surface area (Å²) >= 11 is 0. The Morgan fingerprint density at radius 1 is 0.950 bits per heavy atom. The molecule has 3 aliphatic carbocycles. The first kappa shape index (κ1) is 34.4. The van der Waals surface area contributed by atoms with Gasteiger partial charge in [0.25, 0.3) is 0 Å². The van der Waals surface area contributed by atoms with Gasteiger partial charge in [-0.15, -0.1) is 6.42 Å². The highest BCUT2D eigenvalue weighted by molar-refractivity contribution is 6.84. The normalized spacial score (nSPS) is 31.6. The van der Waals surface area contributed by atoms with Gasteiger partial charge in [-0.05, 0) is 98.0 Å². The lowest BCUT2D eigenvalue weighted by molar-refractivity contribution is -0.119. The summed E-state index contributed by atoms with van der Waals surface area (Å²) in [5.74, 6) is 4.14. The third kappa shape index (κ3) is 5.97. The first-order valence-corrected chi connectivity index (χ1v) is 25.7. The maximum Gasteiger partial charge on any atom is 0.192 e. The summed E-state index contributed by atoms with van der Waals surface area (Å²) in [4.78, 5) is 0. The Morgan fingerprint density at radius 3 is 1.98 bits per heavy atom. The largest absolute Gasteiger partial charge is 0.413 e. The van der Waals surface area contributed by atoms with Gasteiger partial charge in [0.1, 0.15) is 0 Å². The molecule has 0 saturated heterocycles. The fourth-order valence-corrected chi connectivity index (χ4v) is 15.1. The van der Waals surface area contributed by atoms with Crippen LogP contribution in [0.1, 0.15) is 107 Å². The van der Waals surface area contributed by atoms with Crippen molar-refractivity contribution in [2.24, 2.45) is 22.2 Å². The van der Waals surface area contributed by atoms with E-state index in [9.17, 15) is 0 Å². The van der Waals surface area contributed by atoms with Crippen molar-refractivity contribution < 1.29 is 8.85 Å². The zero-order chi connectivity index (χ0) is 30.6. The van der Waals surface area contributed by atoms with E-state index in [4.69, 9.17) is 15.3 Å². The predicted molar refractivity (Wildman–Crippen MR) is 183 cm³/mol. The number of terminal acetylenes is 1. The van der Waals surface area contributed by atoms with E-state index in [-0.39, 0.29) is 27.4 Å². The van der Waals surface area contributed by atoms with Crippen molar-refractivity contribution in [2.45, 2.75) is 175 Å². The molecule has 0 radical (unpaired) electrons. The zero-order valence-electron chi connectivity index (χ0n) is 29.2. The first-order chi connectivity index (χ1) is 18.2. The summed E-state index contributed by atoms with van der Waals surface area (Å²) in [6.07, 6.45) is 15.4.